The molecule has 220 valence electrons. The first-order valence-electron chi connectivity index (χ1n) is 14.2. The highest BCUT2D eigenvalue weighted by atomic mass is 32.2. The highest BCUT2D eigenvalue weighted by Crippen LogP contribution is 2.47. The third-order valence-corrected chi connectivity index (χ3v) is 10.4. The van der Waals surface area contributed by atoms with Crippen LogP contribution in [-0.4, -0.2) is 37.5 Å². The normalized spacial score (nSPS) is 18.4. The number of nitrogens with zero attached hydrogens (tertiary/aromatic N) is 2. The summed E-state index contributed by atoms with van der Waals surface area (Å²) in [6.07, 6.45) is 0.680. The van der Waals surface area contributed by atoms with E-state index >= 15 is 0 Å². The number of hydrogen-bond donors (Lipinski definition) is 0. The van der Waals surface area contributed by atoms with Crippen molar-refractivity contribution in [2.75, 3.05) is 35.5 Å². The first-order valence-corrected chi connectivity index (χ1v) is 16.3. The Bertz CT molecular complexity index is 1570. The number of para-hydroxylation sites is 2. The largest absolute Gasteiger partial charge is 0.496 e. The first-order chi connectivity index (χ1) is 20.9. The number of hydrogen-bond acceptors (Lipinski definition) is 6. The van der Waals surface area contributed by atoms with Crippen LogP contribution in [-0.2, 0) is 16.0 Å². The number of rotatable bonds is 8. The Labute approximate surface area is 261 Å². The van der Waals surface area contributed by atoms with Gasteiger partial charge in [-0.1, -0.05) is 48.5 Å². The molecule has 0 saturated carbocycles. The van der Waals surface area contributed by atoms with Crippen LogP contribution in [0.3, 0.4) is 0 Å². The van der Waals surface area contributed by atoms with Crippen LogP contribution in [0.25, 0.3) is 0 Å². The summed E-state index contributed by atoms with van der Waals surface area (Å²) in [5, 5.41) is -0.364. The molecule has 6 rings (SSSR count). The monoisotopic (exact) mass is 610 g/mol. The van der Waals surface area contributed by atoms with Crippen molar-refractivity contribution in [3.63, 3.8) is 0 Å². The molecule has 8 heteroatoms. The Hall–Kier alpha value is -3.88. The molecule has 2 amide bonds. The molecule has 4 aromatic rings. The molecule has 0 radical (unpaired) electrons. The number of carbonyl (C=O) groups excluding carboxylic acids is 2. The summed E-state index contributed by atoms with van der Waals surface area (Å²) in [4.78, 5) is 30.0. The third kappa shape index (κ3) is 5.61. The summed E-state index contributed by atoms with van der Waals surface area (Å²) in [7, 11) is 3.35. The summed E-state index contributed by atoms with van der Waals surface area (Å²) in [5.41, 5.74) is 8.17. The highest BCUT2D eigenvalue weighted by Gasteiger charge is 2.38. The van der Waals surface area contributed by atoms with Crippen LogP contribution in [0.2, 0.25) is 0 Å². The zero-order valence-electron chi connectivity index (χ0n) is 24.7. The molecule has 0 bridgehead atoms. The van der Waals surface area contributed by atoms with Gasteiger partial charge >= 0.3 is 0 Å². The van der Waals surface area contributed by atoms with Crippen LogP contribution < -0.4 is 19.3 Å². The standard InChI is InChI=1S/C35H34N2O4S2/c1-22-9-5-7-11-28(22)36-32(38)20-42-34(36)26-18-24(13-15-30(26)40-3)17-25-14-16-31(41-4)27(19-25)35-37(33(39)21-43-35)29-12-8-6-10-23(29)2/h5-16,18-19,34-35H,17,20-21H2,1-4H3. The van der Waals surface area contributed by atoms with E-state index in [1.165, 1.54) is 0 Å². The Kier molecular flexibility index (Phi) is 8.41. The molecular formula is C35H34N2O4S2. The van der Waals surface area contributed by atoms with E-state index in [0.29, 0.717) is 17.9 Å². The molecule has 0 N–H and O–H groups in total. The Morgan fingerprint density at radius 2 is 1.07 bits per heavy atom. The van der Waals surface area contributed by atoms with E-state index < -0.39 is 0 Å². The second-order valence-corrected chi connectivity index (χ2v) is 12.9. The molecule has 2 aliphatic heterocycles. The molecule has 2 atom stereocenters. The van der Waals surface area contributed by atoms with Gasteiger partial charge in [-0.2, -0.15) is 0 Å². The molecule has 0 aliphatic carbocycles. The lowest BCUT2D eigenvalue weighted by atomic mass is 9.99. The number of benzene rings is 4. The lowest BCUT2D eigenvalue weighted by Crippen LogP contribution is -2.28. The Morgan fingerprint density at radius 1 is 0.651 bits per heavy atom. The Balaban J connectivity index is 1.34. The molecule has 43 heavy (non-hydrogen) atoms. The summed E-state index contributed by atoms with van der Waals surface area (Å²) in [5.74, 6) is 2.56. The quantitative estimate of drug-likeness (QED) is 0.206. The second kappa shape index (κ2) is 12.4. The lowest BCUT2D eigenvalue weighted by Gasteiger charge is -2.28. The minimum atomic E-state index is -0.182. The van der Waals surface area contributed by atoms with E-state index in [4.69, 9.17) is 9.47 Å². The van der Waals surface area contributed by atoms with Gasteiger partial charge in [-0.25, -0.2) is 0 Å². The van der Waals surface area contributed by atoms with Crippen LogP contribution in [0.5, 0.6) is 11.5 Å². The van der Waals surface area contributed by atoms with Crippen LogP contribution in [0.15, 0.2) is 84.9 Å². The minimum absolute atomic E-state index is 0.0957. The summed E-state index contributed by atoms with van der Waals surface area (Å²) in [6, 6.07) is 28.5. The number of methoxy groups -OCH3 is 2. The number of amides is 2. The molecule has 2 heterocycles. The zero-order valence-corrected chi connectivity index (χ0v) is 26.3. The van der Waals surface area contributed by atoms with Gasteiger partial charge in [0, 0.05) is 22.5 Å². The van der Waals surface area contributed by atoms with Gasteiger partial charge in [0.05, 0.1) is 25.7 Å². The number of thioether (sulfide) groups is 2. The number of anilines is 2. The fraction of sp³-hybridized carbons (Fsp3) is 0.257. The molecular weight excluding hydrogens is 577 g/mol. The number of carbonyl (C=O) groups is 2. The fourth-order valence-electron chi connectivity index (χ4n) is 5.91. The highest BCUT2D eigenvalue weighted by molar-refractivity contribution is 8.01. The Morgan fingerprint density at radius 3 is 1.47 bits per heavy atom. The van der Waals surface area contributed by atoms with E-state index in [1.807, 2.05) is 84.3 Å². The summed E-state index contributed by atoms with van der Waals surface area (Å²) >= 11 is 3.25. The van der Waals surface area contributed by atoms with Gasteiger partial charge in [0.15, 0.2) is 0 Å². The van der Waals surface area contributed by atoms with Crippen molar-refractivity contribution in [3.8, 4) is 11.5 Å². The van der Waals surface area contributed by atoms with Gasteiger partial charge in [0.25, 0.3) is 0 Å². The van der Waals surface area contributed by atoms with Crippen molar-refractivity contribution in [2.45, 2.75) is 31.0 Å². The van der Waals surface area contributed by atoms with Crippen LogP contribution in [0.4, 0.5) is 11.4 Å². The minimum Gasteiger partial charge on any atom is -0.496 e. The van der Waals surface area contributed by atoms with E-state index in [0.717, 1.165) is 56.3 Å². The SMILES string of the molecule is COc1ccc(Cc2ccc(OC)c(C3SCC(=O)N3c3ccccc3C)c2)cc1C1SCC(=O)N1c1ccccc1C. The van der Waals surface area contributed by atoms with Crippen molar-refractivity contribution in [1.82, 2.24) is 0 Å². The molecule has 2 saturated heterocycles. The molecule has 2 unspecified atom stereocenters. The van der Waals surface area contributed by atoms with Gasteiger partial charge < -0.3 is 9.47 Å². The van der Waals surface area contributed by atoms with Gasteiger partial charge in [0.2, 0.25) is 11.8 Å². The predicted octanol–water partition coefficient (Wildman–Crippen LogP) is 7.47. The lowest BCUT2D eigenvalue weighted by molar-refractivity contribution is -0.116. The molecule has 0 spiro atoms. The van der Waals surface area contributed by atoms with Crippen LogP contribution in [0, 0.1) is 13.8 Å². The zero-order chi connectivity index (χ0) is 30.1. The molecule has 4 aromatic carbocycles. The van der Waals surface area contributed by atoms with Crippen LogP contribution >= 0.6 is 23.5 Å². The smallest absolute Gasteiger partial charge is 0.238 e. The van der Waals surface area contributed by atoms with Crippen molar-refractivity contribution in [1.29, 1.82) is 0 Å². The molecule has 2 aliphatic rings. The van der Waals surface area contributed by atoms with Gasteiger partial charge in [-0.15, -0.1) is 23.5 Å². The number of ether oxygens (including phenoxy) is 2. The maximum Gasteiger partial charge on any atom is 0.238 e. The van der Waals surface area contributed by atoms with E-state index in [1.54, 1.807) is 37.7 Å². The molecule has 0 aromatic heterocycles. The van der Waals surface area contributed by atoms with E-state index in [2.05, 4.69) is 24.3 Å². The van der Waals surface area contributed by atoms with Gasteiger partial charge in [0.1, 0.15) is 22.2 Å². The van der Waals surface area contributed by atoms with Gasteiger partial charge in [-0.3, -0.25) is 19.4 Å². The second-order valence-electron chi connectivity index (χ2n) is 10.8. The van der Waals surface area contributed by atoms with Crippen molar-refractivity contribution in [2.24, 2.45) is 0 Å². The topological polar surface area (TPSA) is 59.1 Å². The van der Waals surface area contributed by atoms with E-state index in [-0.39, 0.29) is 22.6 Å². The van der Waals surface area contributed by atoms with Crippen molar-refractivity contribution < 1.29 is 19.1 Å². The molecule has 2 fully saturated rings. The van der Waals surface area contributed by atoms with Crippen molar-refractivity contribution >= 4 is 46.7 Å². The van der Waals surface area contributed by atoms with Gasteiger partial charge in [-0.05, 0) is 78.9 Å². The van der Waals surface area contributed by atoms with E-state index in [9.17, 15) is 9.59 Å². The third-order valence-electron chi connectivity index (χ3n) is 8.01. The predicted molar refractivity (Wildman–Crippen MR) is 177 cm³/mol. The summed E-state index contributed by atoms with van der Waals surface area (Å²) < 4.78 is 11.6. The average molecular weight is 611 g/mol. The maximum atomic E-state index is 13.1. The average Bonchev–Trinajstić information content (AvgIpc) is 3.59. The summed E-state index contributed by atoms with van der Waals surface area (Å²) in [6.45, 7) is 4.07. The van der Waals surface area contributed by atoms with Crippen LogP contribution in [0.1, 0.15) is 44.1 Å². The van der Waals surface area contributed by atoms with Crippen molar-refractivity contribution in [3.05, 3.63) is 118 Å². The first kappa shape index (κ1) is 29.2. The molecule has 6 nitrogen and oxygen atoms in total. The fourth-order valence-corrected chi connectivity index (χ4v) is 8.27. The number of aryl methyl sites for hydroxylation is 2. The maximum absolute atomic E-state index is 13.1.